The molecule has 3 atom stereocenters. The minimum atomic E-state index is -0.561. The normalized spacial score (nSPS) is 23.4. The third-order valence-corrected chi connectivity index (χ3v) is 5.47. The quantitative estimate of drug-likeness (QED) is 0.723. The van der Waals surface area contributed by atoms with Crippen LogP contribution in [0.1, 0.15) is 5.56 Å². The number of benzene rings is 1. The Labute approximate surface area is 171 Å². The van der Waals surface area contributed by atoms with Gasteiger partial charge in [-0.3, -0.25) is 9.80 Å². The van der Waals surface area contributed by atoms with Gasteiger partial charge in [0.1, 0.15) is 18.5 Å². The van der Waals surface area contributed by atoms with Crippen molar-refractivity contribution in [1.82, 2.24) is 14.4 Å². The zero-order chi connectivity index (χ0) is 20.1. The van der Waals surface area contributed by atoms with Crippen LogP contribution in [0.3, 0.4) is 0 Å². The molecular weight excluding hydrogens is 368 g/mol. The average Bonchev–Trinajstić information content (AvgIpc) is 3.24. The van der Waals surface area contributed by atoms with Crippen molar-refractivity contribution in [3.63, 3.8) is 0 Å². The third kappa shape index (κ3) is 5.58. The van der Waals surface area contributed by atoms with Crippen LogP contribution >= 0.6 is 0 Å². The highest BCUT2D eigenvalue weighted by molar-refractivity contribution is 5.34. The van der Waals surface area contributed by atoms with Crippen molar-refractivity contribution >= 4 is 0 Å². The summed E-state index contributed by atoms with van der Waals surface area (Å²) in [5.41, 5.74) is 0.597. The Morgan fingerprint density at radius 1 is 1.03 bits per heavy atom. The van der Waals surface area contributed by atoms with Crippen molar-refractivity contribution in [2.75, 3.05) is 45.9 Å². The van der Waals surface area contributed by atoms with E-state index < -0.39 is 6.10 Å². The number of nitrogens with zero attached hydrogens (tertiary/aromatic N) is 4. The standard InChI is InChI=1S/C22H28N4O3/c23-11-18-3-5-20(6-4-18)28-17-19(27)12-26-15-21-13-25(14-22(16-26)29-21)10-9-24-7-1-2-8-24/h1-8,19,21-22,27H,9-10,12-17H2/t19-,21?,22?/m1/s1. The summed E-state index contributed by atoms with van der Waals surface area (Å²) in [7, 11) is 0. The first-order valence-electron chi connectivity index (χ1n) is 10.2. The number of hydrogen-bond acceptors (Lipinski definition) is 6. The molecule has 1 aromatic heterocycles. The largest absolute Gasteiger partial charge is 0.491 e. The van der Waals surface area contributed by atoms with Gasteiger partial charge in [-0.05, 0) is 36.4 Å². The summed E-state index contributed by atoms with van der Waals surface area (Å²) < 4.78 is 14.0. The van der Waals surface area contributed by atoms with Gasteiger partial charge in [0.25, 0.3) is 0 Å². The molecule has 0 saturated carbocycles. The Morgan fingerprint density at radius 2 is 1.69 bits per heavy atom. The fourth-order valence-corrected chi connectivity index (χ4v) is 4.14. The monoisotopic (exact) mass is 396 g/mol. The van der Waals surface area contributed by atoms with Gasteiger partial charge in [0, 0.05) is 58.2 Å². The van der Waals surface area contributed by atoms with E-state index in [2.05, 4.69) is 45.0 Å². The Bertz CT molecular complexity index is 788. The first-order valence-corrected chi connectivity index (χ1v) is 10.2. The summed E-state index contributed by atoms with van der Waals surface area (Å²) in [6.07, 6.45) is 4.03. The van der Waals surface area contributed by atoms with Crippen molar-refractivity contribution in [3.05, 3.63) is 54.4 Å². The van der Waals surface area contributed by atoms with E-state index in [1.165, 1.54) is 0 Å². The molecule has 29 heavy (non-hydrogen) atoms. The fraction of sp³-hybridized carbons (Fsp3) is 0.500. The Balaban J connectivity index is 1.19. The molecule has 154 valence electrons. The van der Waals surface area contributed by atoms with Gasteiger partial charge in [-0.15, -0.1) is 0 Å². The van der Waals surface area contributed by atoms with Gasteiger partial charge in [-0.25, -0.2) is 0 Å². The first kappa shape index (κ1) is 19.9. The lowest BCUT2D eigenvalue weighted by Crippen LogP contribution is -2.60. The Morgan fingerprint density at radius 3 is 2.34 bits per heavy atom. The molecule has 0 aliphatic carbocycles. The van der Waals surface area contributed by atoms with Crippen LogP contribution in [0.5, 0.6) is 5.75 Å². The first-order chi connectivity index (χ1) is 14.2. The van der Waals surface area contributed by atoms with Crippen molar-refractivity contribution in [3.8, 4) is 11.8 Å². The van der Waals surface area contributed by atoms with Crippen LogP contribution in [0.4, 0.5) is 0 Å². The van der Waals surface area contributed by atoms with Crippen LogP contribution in [0.25, 0.3) is 0 Å². The highest BCUT2D eigenvalue weighted by Gasteiger charge is 2.35. The van der Waals surface area contributed by atoms with Gasteiger partial charge in [0.2, 0.25) is 0 Å². The maximum Gasteiger partial charge on any atom is 0.119 e. The van der Waals surface area contributed by atoms with Gasteiger partial charge in [0.05, 0.1) is 23.8 Å². The van der Waals surface area contributed by atoms with E-state index in [0.29, 0.717) is 17.9 Å². The fourth-order valence-electron chi connectivity index (χ4n) is 4.14. The van der Waals surface area contributed by atoms with Gasteiger partial charge in [-0.1, -0.05) is 0 Å². The van der Waals surface area contributed by atoms with E-state index in [1.807, 2.05) is 0 Å². The number of hydrogen-bond donors (Lipinski definition) is 1. The van der Waals surface area contributed by atoms with Gasteiger partial charge >= 0.3 is 0 Å². The van der Waals surface area contributed by atoms with E-state index in [-0.39, 0.29) is 18.8 Å². The number of aliphatic hydroxyl groups excluding tert-OH is 1. The van der Waals surface area contributed by atoms with Crippen LogP contribution in [0.15, 0.2) is 48.8 Å². The average molecular weight is 396 g/mol. The molecule has 4 rings (SSSR count). The number of morpholine rings is 2. The number of fused-ring (bicyclic) bond motifs is 2. The van der Waals surface area contributed by atoms with Crippen LogP contribution in [0, 0.1) is 11.3 Å². The molecular formula is C22H28N4O3. The molecule has 2 aliphatic heterocycles. The SMILES string of the molecule is N#Cc1ccc(OC[C@H](O)CN2CC3CN(CCn4cccc4)CC(C2)O3)cc1. The minimum absolute atomic E-state index is 0.193. The molecule has 2 aromatic rings. The molecule has 3 heterocycles. The molecule has 1 aromatic carbocycles. The molecule has 0 spiro atoms. The van der Waals surface area contributed by atoms with Crippen molar-refractivity contribution in [2.24, 2.45) is 0 Å². The zero-order valence-corrected chi connectivity index (χ0v) is 16.6. The number of rotatable bonds is 8. The highest BCUT2D eigenvalue weighted by Crippen LogP contribution is 2.20. The number of nitriles is 1. The van der Waals surface area contributed by atoms with E-state index in [1.54, 1.807) is 24.3 Å². The van der Waals surface area contributed by atoms with E-state index in [9.17, 15) is 5.11 Å². The van der Waals surface area contributed by atoms with Crippen LogP contribution < -0.4 is 4.74 Å². The van der Waals surface area contributed by atoms with Crippen molar-refractivity contribution in [1.29, 1.82) is 5.26 Å². The zero-order valence-electron chi connectivity index (χ0n) is 16.6. The topological polar surface area (TPSA) is 73.9 Å². The molecule has 2 unspecified atom stereocenters. The van der Waals surface area contributed by atoms with E-state index >= 15 is 0 Å². The lowest BCUT2D eigenvalue weighted by atomic mass is 10.1. The minimum Gasteiger partial charge on any atom is -0.491 e. The third-order valence-electron chi connectivity index (χ3n) is 5.47. The molecule has 0 radical (unpaired) electrons. The van der Waals surface area contributed by atoms with Crippen molar-refractivity contribution in [2.45, 2.75) is 24.9 Å². The summed E-state index contributed by atoms with van der Waals surface area (Å²) >= 11 is 0. The second-order valence-electron chi connectivity index (χ2n) is 7.88. The maximum atomic E-state index is 10.4. The molecule has 7 nitrogen and oxygen atoms in total. The van der Waals surface area contributed by atoms with E-state index in [0.717, 1.165) is 39.3 Å². The van der Waals surface area contributed by atoms with Crippen molar-refractivity contribution < 1.29 is 14.6 Å². The molecule has 1 N–H and O–H groups in total. The summed E-state index contributed by atoms with van der Waals surface area (Å²) in [6, 6.07) is 13.1. The number of aliphatic hydroxyl groups is 1. The van der Waals surface area contributed by atoms with Crippen LogP contribution in [-0.2, 0) is 11.3 Å². The number of ether oxygens (including phenoxy) is 2. The van der Waals surface area contributed by atoms with Gasteiger partial charge in [0.15, 0.2) is 0 Å². The summed E-state index contributed by atoms with van der Waals surface area (Å²) in [5.74, 6) is 0.667. The summed E-state index contributed by atoms with van der Waals surface area (Å²) in [6.45, 7) is 6.40. The summed E-state index contributed by atoms with van der Waals surface area (Å²) in [5, 5.41) is 19.2. The molecule has 2 aliphatic rings. The molecule has 2 saturated heterocycles. The smallest absolute Gasteiger partial charge is 0.119 e. The van der Waals surface area contributed by atoms with Crippen LogP contribution in [-0.4, -0.2) is 83.7 Å². The molecule has 2 bridgehead atoms. The number of β-amino-alcohol motifs (C(OH)–C–C–N with tert-alkyl or cyclic N) is 1. The maximum absolute atomic E-state index is 10.4. The number of aromatic nitrogens is 1. The second kappa shape index (κ2) is 9.42. The van der Waals surface area contributed by atoms with E-state index in [4.69, 9.17) is 14.7 Å². The summed E-state index contributed by atoms with van der Waals surface area (Å²) in [4.78, 5) is 4.77. The predicted octanol–water partition coefficient (Wildman–Crippen LogP) is 1.18. The Hall–Kier alpha value is -2.37. The molecule has 2 fully saturated rings. The molecule has 0 amide bonds. The predicted molar refractivity (Wildman–Crippen MR) is 109 cm³/mol. The lowest BCUT2D eigenvalue weighted by Gasteiger charge is -2.46. The van der Waals surface area contributed by atoms with Gasteiger partial charge < -0.3 is 19.1 Å². The molecule has 7 heteroatoms. The Kier molecular flexibility index (Phi) is 6.47. The highest BCUT2D eigenvalue weighted by atomic mass is 16.5. The van der Waals surface area contributed by atoms with Gasteiger partial charge in [-0.2, -0.15) is 5.26 Å². The second-order valence-corrected chi connectivity index (χ2v) is 7.88. The van der Waals surface area contributed by atoms with Crippen LogP contribution in [0.2, 0.25) is 0 Å². The lowest BCUT2D eigenvalue weighted by molar-refractivity contribution is -0.143.